The maximum Gasteiger partial charge on any atom is 0.416 e. The second-order valence-electron chi connectivity index (χ2n) is 8.23. The molecule has 2 aromatic carbocycles. The van der Waals surface area contributed by atoms with E-state index in [1.165, 1.54) is 19.2 Å². The van der Waals surface area contributed by atoms with Gasteiger partial charge in [-0.3, -0.25) is 4.79 Å². The minimum absolute atomic E-state index is 0.0147. The highest BCUT2D eigenvalue weighted by atomic mass is 19.4. The molecule has 3 rings (SSSR count). The van der Waals surface area contributed by atoms with E-state index in [-0.39, 0.29) is 24.3 Å². The van der Waals surface area contributed by atoms with Crippen LogP contribution in [0.15, 0.2) is 42.5 Å². The Balaban J connectivity index is 1.80. The van der Waals surface area contributed by atoms with Crippen molar-refractivity contribution in [3.8, 4) is 11.5 Å². The largest absolute Gasteiger partial charge is 0.504 e. The lowest BCUT2D eigenvalue weighted by Gasteiger charge is -2.38. The molecule has 32 heavy (non-hydrogen) atoms. The maximum absolute atomic E-state index is 13.5. The van der Waals surface area contributed by atoms with Crippen molar-refractivity contribution < 1.29 is 37.4 Å². The number of nitrogens with one attached hydrogen (secondary N) is 1. The normalized spacial score (nSPS) is 21.2. The fraction of sp³-hybridized carbons (Fsp3) is 0.458. The SMILES string of the molecule is CCOC(=O)C1(Cc2ccccc2C(F)(F)F)CC[NH+](Cc2cccc(OC)c2O)CC1. The fourth-order valence-corrected chi connectivity index (χ4v) is 4.46. The highest BCUT2D eigenvalue weighted by Gasteiger charge is 2.46. The lowest BCUT2D eigenvalue weighted by atomic mass is 9.73. The summed E-state index contributed by atoms with van der Waals surface area (Å²) in [5.41, 5.74) is -0.871. The van der Waals surface area contributed by atoms with Gasteiger partial charge in [-0.15, -0.1) is 0 Å². The standard InChI is InChI=1S/C24H28F3NO4/c1-3-32-22(30)23(15-17-7-4-5-9-19(17)24(25,26)27)11-13-28(14-12-23)16-18-8-6-10-20(31-2)21(18)29/h4-10,29H,3,11-16H2,1-2H3/p+1. The molecule has 0 amide bonds. The molecule has 0 bridgehead atoms. The van der Waals surface area contributed by atoms with Gasteiger partial charge in [0.05, 0.1) is 43.3 Å². The van der Waals surface area contributed by atoms with Crippen LogP contribution in [0, 0.1) is 5.41 Å². The van der Waals surface area contributed by atoms with Crippen LogP contribution in [0.1, 0.15) is 36.5 Å². The molecule has 0 aromatic heterocycles. The third-order valence-corrected chi connectivity index (χ3v) is 6.22. The number of likely N-dealkylation sites (tertiary alicyclic amines) is 1. The highest BCUT2D eigenvalue weighted by molar-refractivity contribution is 5.77. The predicted molar refractivity (Wildman–Crippen MR) is 113 cm³/mol. The van der Waals surface area contributed by atoms with E-state index in [0.717, 1.165) is 16.5 Å². The number of aromatic hydroxyl groups is 1. The number of para-hydroxylation sites is 1. The number of piperidine rings is 1. The van der Waals surface area contributed by atoms with Crippen molar-refractivity contribution in [1.29, 1.82) is 0 Å². The Kier molecular flexibility index (Phi) is 7.33. The zero-order chi connectivity index (χ0) is 23.4. The third-order valence-electron chi connectivity index (χ3n) is 6.22. The first kappa shape index (κ1) is 23.9. The highest BCUT2D eigenvalue weighted by Crippen LogP contribution is 2.39. The molecule has 174 valence electrons. The zero-order valence-corrected chi connectivity index (χ0v) is 18.3. The number of carbonyl (C=O) groups is 1. The summed E-state index contributed by atoms with van der Waals surface area (Å²) >= 11 is 0. The van der Waals surface area contributed by atoms with Crippen molar-refractivity contribution in [1.82, 2.24) is 0 Å². The Bertz CT molecular complexity index is 937. The Morgan fingerprint density at radius 1 is 1.09 bits per heavy atom. The molecule has 0 radical (unpaired) electrons. The Morgan fingerprint density at radius 2 is 1.75 bits per heavy atom. The van der Waals surface area contributed by atoms with Crippen LogP contribution in [-0.4, -0.2) is 37.9 Å². The number of esters is 1. The number of hydrogen-bond acceptors (Lipinski definition) is 4. The van der Waals surface area contributed by atoms with Gasteiger partial charge in [0.1, 0.15) is 6.54 Å². The summed E-state index contributed by atoms with van der Waals surface area (Å²) in [6.07, 6.45) is -3.70. The van der Waals surface area contributed by atoms with Crippen LogP contribution >= 0.6 is 0 Å². The third kappa shape index (κ3) is 5.18. The van der Waals surface area contributed by atoms with Crippen molar-refractivity contribution >= 4 is 5.97 Å². The molecule has 1 saturated heterocycles. The summed E-state index contributed by atoms with van der Waals surface area (Å²) in [5.74, 6) is 0.0348. The summed E-state index contributed by atoms with van der Waals surface area (Å²) in [6, 6.07) is 10.7. The van der Waals surface area contributed by atoms with Crippen molar-refractivity contribution in [3.63, 3.8) is 0 Å². The predicted octanol–water partition coefficient (Wildman–Crippen LogP) is 3.39. The molecule has 1 fully saturated rings. The summed E-state index contributed by atoms with van der Waals surface area (Å²) in [5, 5.41) is 10.4. The van der Waals surface area contributed by atoms with E-state index in [0.29, 0.717) is 38.2 Å². The second kappa shape index (κ2) is 9.81. The number of phenols is 1. The summed E-state index contributed by atoms with van der Waals surface area (Å²) in [6.45, 7) is 3.55. The van der Waals surface area contributed by atoms with E-state index in [9.17, 15) is 23.1 Å². The lowest BCUT2D eigenvalue weighted by Crippen LogP contribution is -3.12. The van der Waals surface area contributed by atoms with Gasteiger partial charge in [-0.05, 0) is 37.1 Å². The van der Waals surface area contributed by atoms with Gasteiger partial charge in [0.15, 0.2) is 11.5 Å². The first-order chi connectivity index (χ1) is 15.2. The molecule has 0 aliphatic carbocycles. The van der Waals surface area contributed by atoms with E-state index in [2.05, 4.69) is 0 Å². The number of ether oxygens (including phenoxy) is 2. The van der Waals surface area contributed by atoms with Crippen LogP contribution < -0.4 is 9.64 Å². The summed E-state index contributed by atoms with van der Waals surface area (Å²) < 4.78 is 51.0. The van der Waals surface area contributed by atoms with E-state index in [1.54, 1.807) is 25.1 Å². The van der Waals surface area contributed by atoms with Gasteiger partial charge in [0.2, 0.25) is 0 Å². The minimum Gasteiger partial charge on any atom is -0.504 e. The van der Waals surface area contributed by atoms with Crippen LogP contribution in [-0.2, 0) is 28.7 Å². The minimum atomic E-state index is -4.48. The van der Waals surface area contributed by atoms with Crippen LogP contribution in [0.4, 0.5) is 13.2 Å². The summed E-state index contributed by atoms with van der Waals surface area (Å²) in [7, 11) is 1.49. The molecule has 1 aliphatic heterocycles. The van der Waals surface area contributed by atoms with Gasteiger partial charge in [-0.2, -0.15) is 13.2 Å². The fourth-order valence-electron chi connectivity index (χ4n) is 4.46. The quantitative estimate of drug-likeness (QED) is 0.633. The Morgan fingerprint density at radius 3 is 2.38 bits per heavy atom. The molecule has 2 N–H and O–H groups in total. The number of halogens is 3. The molecule has 2 aromatic rings. The van der Waals surface area contributed by atoms with Crippen molar-refractivity contribution in [3.05, 3.63) is 59.2 Å². The topological polar surface area (TPSA) is 60.2 Å². The van der Waals surface area contributed by atoms with Crippen LogP contribution in [0.5, 0.6) is 11.5 Å². The molecule has 0 atom stereocenters. The van der Waals surface area contributed by atoms with Crippen LogP contribution in [0.25, 0.3) is 0 Å². The number of quaternary nitrogens is 1. The van der Waals surface area contributed by atoms with Crippen molar-refractivity contribution in [2.24, 2.45) is 5.41 Å². The van der Waals surface area contributed by atoms with Crippen LogP contribution in [0.2, 0.25) is 0 Å². The number of phenolic OH excluding ortho intramolecular Hbond substituents is 1. The number of hydrogen-bond donors (Lipinski definition) is 2. The van der Waals surface area contributed by atoms with E-state index in [1.807, 2.05) is 6.07 Å². The van der Waals surface area contributed by atoms with E-state index >= 15 is 0 Å². The van der Waals surface area contributed by atoms with Gasteiger partial charge in [-0.25, -0.2) is 0 Å². The van der Waals surface area contributed by atoms with Gasteiger partial charge >= 0.3 is 12.1 Å². The summed E-state index contributed by atoms with van der Waals surface area (Å²) in [4.78, 5) is 14.1. The van der Waals surface area contributed by atoms with Gasteiger partial charge in [0.25, 0.3) is 0 Å². The van der Waals surface area contributed by atoms with Crippen molar-refractivity contribution in [2.45, 2.75) is 38.9 Å². The van der Waals surface area contributed by atoms with Crippen molar-refractivity contribution in [2.75, 3.05) is 26.8 Å². The number of benzene rings is 2. The first-order valence-electron chi connectivity index (χ1n) is 10.7. The van der Waals surface area contributed by atoms with Gasteiger partial charge in [-0.1, -0.05) is 24.3 Å². The van der Waals surface area contributed by atoms with E-state index in [4.69, 9.17) is 9.47 Å². The molecule has 5 nitrogen and oxygen atoms in total. The number of methoxy groups -OCH3 is 1. The second-order valence-corrected chi connectivity index (χ2v) is 8.23. The Hall–Kier alpha value is -2.74. The molecule has 0 saturated carbocycles. The molecule has 0 unspecified atom stereocenters. The van der Waals surface area contributed by atoms with Gasteiger partial charge < -0.3 is 19.5 Å². The molecule has 1 heterocycles. The lowest BCUT2D eigenvalue weighted by molar-refractivity contribution is -0.920. The average Bonchev–Trinajstić information content (AvgIpc) is 2.76. The monoisotopic (exact) mass is 452 g/mol. The van der Waals surface area contributed by atoms with E-state index < -0.39 is 23.1 Å². The molecule has 1 aliphatic rings. The average molecular weight is 452 g/mol. The number of rotatable bonds is 7. The molecule has 8 heteroatoms. The molecule has 0 spiro atoms. The van der Waals surface area contributed by atoms with Crippen LogP contribution in [0.3, 0.4) is 0 Å². The smallest absolute Gasteiger partial charge is 0.416 e. The Labute approximate surface area is 185 Å². The number of carbonyl (C=O) groups excluding carboxylic acids is 1. The zero-order valence-electron chi connectivity index (χ0n) is 18.3. The maximum atomic E-state index is 13.5. The number of alkyl halides is 3. The molecular formula is C24H29F3NO4+. The molecular weight excluding hydrogens is 423 g/mol. The van der Waals surface area contributed by atoms with Gasteiger partial charge in [0, 0.05) is 12.8 Å². The first-order valence-corrected chi connectivity index (χ1v) is 10.7.